The standard InChI is InChI=1S/C12H13NO5/c14-9(11(15)10(13-18)12(16)17)7-6-8-4-2-1-3-5-8/h1-5,10-11,15H,6-7H2,(H,16,17)/t10-,11?/m0/s1. The molecule has 0 aliphatic rings. The van der Waals surface area contributed by atoms with Crippen molar-refractivity contribution in [2.24, 2.45) is 5.18 Å². The summed E-state index contributed by atoms with van der Waals surface area (Å²) in [5.41, 5.74) is 0.893. The van der Waals surface area contributed by atoms with E-state index < -0.39 is 23.9 Å². The third-order valence-corrected chi connectivity index (χ3v) is 2.50. The first-order valence-electron chi connectivity index (χ1n) is 5.36. The molecule has 0 saturated heterocycles. The van der Waals surface area contributed by atoms with Crippen LogP contribution in [0.4, 0.5) is 0 Å². The van der Waals surface area contributed by atoms with Crippen molar-refractivity contribution in [3.8, 4) is 0 Å². The van der Waals surface area contributed by atoms with Gasteiger partial charge in [-0.15, -0.1) is 4.91 Å². The highest BCUT2D eigenvalue weighted by atomic mass is 16.4. The maximum absolute atomic E-state index is 11.5. The van der Waals surface area contributed by atoms with Crippen LogP contribution in [0.1, 0.15) is 12.0 Å². The van der Waals surface area contributed by atoms with Crippen molar-refractivity contribution in [1.82, 2.24) is 0 Å². The third kappa shape index (κ3) is 3.74. The van der Waals surface area contributed by atoms with Crippen LogP contribution < -0.4 is 0 Å². The summed E-state index contributed by atoms with van der Waals surface area (Å²) in [7, 11) is 0. The molecular formula is C12H13NO5. The first-order chi connectivity index (χ1) is 8.56. The molecule has 1 aromatic rings. The minimum atomic E-state index is -1.94. The number of hydrogen-bond acceptors (Lipinski definition) is 5. The van der Waals surface area contributed by atoms with Crippen molar-refractivity contribution in [1.29, 1.82) is 0 Å². The number of carbonyl (C=O) groups excluding carboxylic acids is 1. The Kier molecular flexibility index (Phi) is 5.13. The molecule has 0 spiro atoms. The van der Waals surface area contributed by atoms with Crippen molar-refractivity contribution in [2.75, 3.05) is 0 Å². The highest BCUT2D eigenvalue weighted by Crippen LogP contribution is 2.08. The van der Waals surface area contributed by atoms with Gasteiger partial charge in [-0.2, -0.15) is 0 Å². The van der Waals surface area contributed by atoms with Gasteiger partial charge in [0, 0.05) is 6.42 Å². The molecule has 2 atom stereocenters. The lowest BCUT2D eigenvalue weighted by Gasteiger charge is -2.11. The van der Waals surface area contributed by atoms with Crippen molar-refractivity contribution in [2.45, 2.75) is 25.0 Å². The molecule has 96 valence electrons. The van der Waals surface area contributed by atoms with Crippen LogP contribution in [0.2, 0.25) is 0 Å². The first-order valence-corrected chi connectivity index (χ1v) is 5.36. The molecule has 0 aliphatic heterocycles. The molecule has 0 amide bonds. The molecule has 2 N–H and O–H groups in total. The van der Waals surface area contributed by atoms with Gasteiger partial charge in [0.05, 0.1) is 0 Å². The number of carboxylic acids is 1. The number of aliphatic carboxylic acids is 1. The smallest absolute Gasteiger partial charge is 0.335 e. The van der Waals surface area contributed by atoms with Gasteiger partial charge in [-0.3, -0.25) is 4.79 Å². The minimum absolute atomic E-state index is 0.0372. The number of aliphatic hydroxyl groups is 1. The normalized spacial score (nSPS) is 13.6. The highest BCUT2D eigenvalue weighted by Gasteiger charge is 2.32. The van der Waals surface area contributed by atoms with E-state index in [2.05, 4.69) is 5.18 Å². The maximum atomic E-state index is 11.5. The van der Waals surface area contributed by atoms with E-state index in [4.69, 9.17) is 5.11 Å². The Balaban J connectivity index is 2.55. The van der Waals surface area contributed by atoms with Crippen LogP contribution in [0.5, 0.6) is 0 Å². The van der Waals surface area contributed by atoms with Crippen LogP contribution in [0.15, 0.2) is 35.5 Å². The topological polar surface area (TPSA) is 104 Å². The highest BCUT2D eigenvalue weighted by molar-refractivity contribution is 5.90. The zero-order valence-corrected chi connectivity index (χ0v) is 9.52. The van der Waals surface area contributed by atoms with Gasteiger partial charge in [0.15, 0.2) is 5.78 Å². The van der Waals surface area contributed by atoms with Gasteiger partial charge < -0.3 is 10.2 Å². The molecule has 0 fully saturated rings. The minimum Gasteiger partial charge on any atom is -0.479 e. The van der Waals surface area contributed by atoms with E-state index in [1.165, 1.54) is 0 Å². The van der Waals surface area contributed by atoms with Gasteiger partial charge in [-0.25, -0.2) is 4.79 Å². The summed E-state index contributed by atoms with van der Waals surface area (Å²) >= 11 is 0. The SMILES string of the molecule is O=N[C@H](C(=O)O)C(O)C(=O)CCc1ccccc1. The number of ketones is 1. The third-order valence-electron chi connectivity index (χ3n) is 2.50. The van der Waals surface area contributed by atoms with Gasteiger partial charge in [-0.1, -0.05) is 35.5 Å². The molecule has 0 saturated carbocycles. The fraction of sp³-hybridized carbons (Fsp3) is 0.333. The molecule has 18 heavy (non-hydrogen) atoms. The van der Waals surface area contributed by atoms with Gasteiger partial charge in [-0.05, 0) is 12.0 Å². The molecule has 1 aromatic carbocycles. The Morgan fingerprint density at radius 2 is 1.83 bits per heavy atom. The van der Waals surface area contributed by atoms with Crippen LogP contribution in [-0.4, -0.2) is 34.1 Å². The summed E-state index contributed by atoms with van der Waals surface area (Å²) in [6, 6.07) is 7.13. The molecule has 0 aromatic heterocycles. The molecule has 1 rings (SSSR count). The lowest BCUT2D eigenvalue weighted by molar-refractivity contribution is -0.145. The van der Waals surface area contributed by atoms with Crippen molar-refractivity contribution in [3.05, 3.63) is 40.8 Å². The number of aryl methyl sites for hydroxylation is 1. The number of rotatable bonds is 7. The Morgan fingerprint density at radius 3 is 2.33 bits per heavy atom. The number of benzene rings is 1. The average molecular weight is 251 g/mol. The van der Waals surface area contributed by atoms with Gasteiger partial charge in [0.1, 0.15) is 6.10 Å². The predicted octanol–water partition coefficient (Wildman–Crippen LogP) is 0.769. The van der Waals surface area contributed by atoms with Crippen molar-refractivity contribution in [3.63, 3.8) is 0 Å². The number of Topliss-reactive ketones (excluding diaryl/α,β-unsaturated/α-hetero) is 1. The number of nitrogens with zero attached hydrogens (tertiary/aromatic N) is 1. The zero-order valence-electron chi connectivity index (χ0n) is 9.52. The lowest BCUT2D eigenvalue weighted by atomic mass is 10.0. The second kappa shape index (κ2) is 6.61. The van der Waals surface area contributed by atoms with E-state index >= 15 is 0 Å². The Labute approximate surface area is 103 Å². The summed E-state index contributed by atoms with van der Waals surface area (Å²) in [4.78, 5) is 32.3. The van der Waals surface area contributed by atoms with Crippen molar-refractivity contribution >= 4 is 11.8 Å². The molecule has 0 radical (unpaired) electrons. The largest absolute Gasteiger partial charge is 0.479 e. The average Bonchev–Trinajstić information content (AvgIpc) is 2.37. The van der Waals surface area contributed by atoms with E-state index in [-0.39, 0.29) is 6.42 Å². The van der Waals surface area contributed by atoms with Crippen LogP contribution in [0, 0.1) is 4.91 Å². The lowest BCUT2D eigenvalue weighted by Crippen LogP contribution is -2.38. The van der Waals surface area contributed by atoms with E-state index in [1.807, 2.05) is 30.3 Å². The van der Waals surface area contributed by atoms with E-state index in [9.17, 15) is 19.6 Å². The van der Waals surface area contributed by atoms with E-state index in [1.54, 1.807) is 0 Å². The Bertz CT molecular complexity index is 431. The second-order valence-corrected chi connectivity index (χ2v) is 3.79. The number of carbonyl (C=O) groups is 2. The van der Waals surface area contributed by atoms with Gasteiger partial charge >= 0.3 is 5.97 Å². The van der Waals surface area contributed by atoms with Gasteiger partial charge in [0.25, 0.3) is 0 Å². The van der Waals surface area contributed by atoms with Gasteiger partial charge in [0.2, 0.25) is 6.04 Å². The number of aliphatic hydroxyl groups excluding tert-OH is 1. The van der Waals surface area contributed by atoms with Crippen LogP contribution in [0.25, 0.3) is 0 Å². The molecule has 6 nitrogen and oxygen atoms in total. The number of carboxylic acid groups (broad SMARTS) is 1. The van der Waals surface area contributed by atoms with Crippen molar-refractivity contribution < 1.29 is 19.8 Å². The quantitative estimate of drug-likeness (QED) is 0.696. The Hall–Kier alpha value is -2.08. The summed E-state index contributed by atoms with van der Waals surface area (Å²) in [6.07, 6.45) is -1.55. The Morgan fingerprint density at radius 1 is 1.22 bits per heavy atom. The summed E-state index contributed by atoms with van der Waals surface area (Å²) in [5.74, 6) is -2.31. The number of hydrogen-bond donors (Lipinski definition) is 2. The molecule has 0 aliphatic carbocycles. The fourth-order valence-electron chi connectivity index (χ4n) is 1.47. The van der Waals surface area contributed by atoms with Crippen LogP contribution >= 0.6 is 0 Å². The number of nitroso groups, excluding NO2 is 1. The van der Waals surface area contributed by atoms with Crippen LogP contribution in [-0.2, 0) is 16.0 Å². The first kappa shape index (κ1) is 14.0. The fourth-order valence-corrected chi connectivity index (χ4v) is 1.47. The molecule has 6 heteroatoms. The molecule has 0 heterocycles. The molecule has 0 bridgehead atoms. The maximum Gasteiger partial charge on any atom is 0.335 e. The molecular weight excluding hydrogens is 238 g/mol. The monoisotopic (exact) mass is 251 g/mol. The zero-order chi connectivity index (χ0) is 13.5. The summed E-state index contributed by atoms with van der Waals surface area (Å²) < 4.78 is 0. The van der Waals surface area contributed by atoms with E-state index in [0.717, 1.165) is 5.56 Å². The summed E-state index contributed by atoms with van der Waals surface area (Å²) in [6.45, 7) is 0. The summed E-state index contributed by atoms with van der Waals surface area (Å²) in [5, 5.41) is 20.2. The predicted molar refractivity (Wildman–Crippen MR) is 63.0 cm³/mol. The molecule has 1 unspecified atom stereocenters. The van der Waals surface area contributed by atoms with E-state index in [0.29, 0.717) is 6.42 Å². The van der Waals surface area contributed by atoms with Crippen LogP contribution in [0.3, 0.4) is 0 Å². The second-order valence-electron chi connectivity index (χ2n) is 3.79.